The van der Waals surface area contributed by atoms with E-state index in [4.69, 9.17) is 4.99 Å². The molecule has 2 heterocycles. The predicted molar refractivity (Wildman–Crippen MR) is 123 cm³/mol. The van der Waals surface area contributed by atoms with Crippen molar-refractivity contribution in [2.75, 3.05) is 13.6 Å². The number of piperidine rings is 2. The second kappa shape index (κ2) is 9.96. The van der Waals surface area contributed by atoms with Crippen LogP contribution in [0.1, 0.15) is 55.7 Å². The molecule has 27 heavy (non-hydrogen) atoms. The molecule has 2 saturated heterocycles. The lowest BCUT2D eigenvalue weighted by molar-refractivity contribution is 0.0526. The van der Waals surface area contributed by atoms with Crippen LogP contribution < -0.4 is 10.6 Å². The van der Waals surface area contributed by atoms with Gasteiger partial charge in [-0.25, -0.2) is 4.99 Å². The number of phenolic OH excluding ortho intramolecular Hbond substituents is 1. The third-order valence-corrected chi connectivity index (χ3v) is 6.00. The molecule has 0 aromatic heterocycles. The predicted octanol–water partition coefficient (Wildman–Crippen LogP) is 3.70. The SMILES string of the molecule is CCNC(=NCc1cc(C)c(O)c(C)c1)NC1CC2CCCC(C1)N2C.I. The molecule has 2 bridgehead atoms. The number of aromatic hydroxyl groups is 1. The van der Waals surface area contributed by atoms with Gasteiger partial charge in [-0.2, -0.15) is 0 Å². The van der Waals surface area contributed by atoms with Crippen molar-refractivity contribution in [2.45, 2.75) is 77.5 Å². The number of guanidine groups is 1. The van der Waals surface area contributed by atoms with Crippen molar-refractivity contribution in [3.05, 3.63) is 28.8 Å². The first-order chi connectivity index (χ1) is 12.5. The normalized spacial score (nSPS) is 25.6. The molecule has 3 N–H and O–H groups in total. The number of aliphatic imine (C=N–C) groups is 1. The standard InChI is InChI=1S/C21H34N4O.HI/c1-5-22-21(23-13-16-9-14(2)20(26)15(3)10-16)24-17-11-18-7-6-8-19(12-17)25(18)4;/h9-10,17-19,26H,5-8,11-13H2,1-4H3,(H2,22,23,24);1H. The van der Waals surface area contributed by atoms with Gasteiger partial charge in [0.25, 0.3) is 0 Å². The first-order valence-corrected chi connectivity index (χ1v) is 10.0. The molecular weight excluding hydrogens is 451 g/mol. The minimum Gasteiger partial charge on any atom is -0.507 e. The van der Waals surface area contributed by atoms with E-state index in [-0.39, 0.29) is 24.0 Å². The van der Waals surface area contributed by atoms with Gasteiger partial charge in [0.05, 0.1) is 6.54 Å². The maximum Gasteiger partial charge on any atom is 0.191 e. The maximum atomic E-state index is 9.94. The molecule has 0 radical (unpaired) electrons. The highest BCUT2D eigenvalue weighted by Gasteiger charge is 2.36. The Balaban J connectivity index is 0.00000261. The Morgan fingerprint density at radius 2 is 1.78 bits per heavy atom. The molecule has 0 saturated carbocycles. The Labute approximate surface area is 181 Å². The maximum absolute atomic E-state index is 9.94. The van der Waals surface area contributed by atoms with Crippen molar-refractivity contribution < 1.29 is 5.11 Å². The highest BCUT2D eigenvalue weighted by Crippen LogP contribution is 2.32. The van der Waals surface area contributed by atoms with Crippen molar-refractivity contribution in [1.82, 2.24) is 15.5 Å². The zero-order valence-electron chi connectivity index (χ0n) is 17.1. The third-order valence-electron chi connectivity index (χ3n) is 6.00. The van der Waals surface area contributed by atoms with Crippen LogP contribution in [0, 0.1) is 13.8 Å². The Bertz CT molecular complexity index is 627. The molecule has 5 nitrogen and oxygen atoms in total. The van der Waals surface area contributed by atoms with Crippen molar-refractivity contribution in [1.29, 1.82) is 0 Å². The zero-order chi connectivity index (χ0) is 18.7. The quantitative estimate of drug-likeness (QED) is 0.345. The Hall–Kier alpha value is -1.02. The monoisotopic (exact) mass is 486 g/mol. The van der Waals surface area contributed by atoms with E-state index in [2.05, 4.69) is 29.5 Å². The largest absolute Gasteiger partial charge is 0.507 e. The van der Waals surface area contributed by atoms with E-state index >= 15 is 0 Å². The van der Waals surface area contributed by atoms with E-state index in [1.54, 1.807) is 0 Å². The topological polar surface area (TPSA) is 59.9 Å². The molecule has 0 spiro atoms. The number of nitrogens with one attached hydrogen (secondary N) is 2. The lowest BCUT2D eigenvalue weighted by Gasteiger charge is -2.47. The molecule has 2 atom stereocenters. The van der Waals surface area contributed by atoms with Gasteiger partial charge in [-0.15, -0.1) is 24.0 Å². The minimum atomic E-state index is 0. The molecule has 6 heteroatoms. The summed E-state index contributed by atoms with van der Waals surface area (Å²) in [5, 5.41) is 17.0. The number of aryl methyl sites for hydroxylation is 2. The lowest BCUT2D eigenvalue weighted by atomic mass is 9.82. The van der Waals surface area contributed by atoms with Gasteiger partial charge in [-0.1, -0.05) is 18.6 Å². The molecule has 2 aliphatic rings. The van der Waals surface area contributed by atoms with Crippen molar-refractivity contribution in [3.8, 4) is 5.75 Å². The average molecular weight is 486 g/mol. The zero-order valence-corrected chi connectivity index (χ0v) is 19.4. The summed E-state index contributed by atoms with van der Waals surface area (Å²) in [6.07, 6.45) is 6.43. The van der Waals surface area contributed by atoms with Crippen molar-refractivity contribution >= 4 is 29.9 Å². The summed E-state index contributed by atoms with van der Waals surface area (Å²) in [5.41, 5.74) is 2.96. The average Bonchev–Trinajstić information content (AvgIpc) is 2.58. The molecule has 152 valence electrons. The summed E-state index contributed by atoms with van der Waals surface area (Å²) in [7, 11) is 2.29. The lowest BCUT2D eigenvalue weighted by Crippen LogP contribution is -2.56. The van der Waals surface area contributed by atoms with Gasteiger partial charge in [-0.3, -0.25) is 0 Å². The fourth-order valence-corrected chi connectivity index (χ4v) is 4.55. The summed E-state index contributed by atoms with van der Waals surface area (Å²) in [5.74, 6) is 1.30. The van der Waals surface area contributed by atoms with Crippen LogP contribution >= 0.6 is 24.0 Å². The van der Waals surface area contributed by atoms with E-state index in [1.165, 1.54) is 32.1 Å². The van der Waals surface area contributed by atoms with E-state index < -0.39 is 0 Å². The van der Waals surface area contributed by atoms with E-state index in [0.29, 0.717) is 30.4 Å². The Kier molecular flexibility index (Phi) is 8.21. The van der Waals surface area contributed by atoms with Crippen LogP contribution in [0.5, 0.6) is 5.75 Å². The van der Waals surface area contributed by atoms with Crippen LogP contribution in [0.3, 0.4) is 0 Å². The number of hydrogen-bond donors (Lipinski definition) is 3. The van der Waals surface area contributed by atoms with Gasteiger partial charge >= 0.3 is 0 Å². The summed E-state index contributed by atoms with van der Waals surface area (Å²) in [6, 6.07) is 5.98. The fraction of sp³-hybridized carbons (Fsp3) is 0.667. The third kappa shape index (κ3) is 5.50. The second-order valence-electron chi connectivity index (χ2n) is 7.99. The molecular formula is C21H35IN4O. The van der Waals surface area contributed by atoms with Gasteiger partial charge in [0.1, 0.15) is 5.75 Å². The van der Waals surface area contributed by atoms with E-state index in [1.807, 2.05) is 26.0 Å². The van der Waals surface area contributed by atoms with Crippen LogP contribution in [0.4, 0.5) is 0 Å². The molecule has 1 aromatic rings. The molecule has 0 amide bonds. The number of rotatable bonds is 4. The minimum absolute atomic E-state index is 0. The van der Waals surface area contributed by atoms with Crippen molar-refractivity contribution in [2.24, 2.45) is 4.99 Å². The number of nitrogens with zero attached hydrogens (tertiary/aromatic N) is 2. The van der Waals surface area contributed by atoms with Gasteiger partial charge in [0.15, 0.2) is 5.96 Å². The number of hydrogen-bond acceptors (Lipinski definition) is 3. The summed E-state index contributed by atoms with van der Waals surface area (Å²) < 4.78 is 0. The molecule has 2 unspecified atom stereocenters. The van der Waals surface area contributed by atoms with Gasteiger partial charge in [-0.05, 0) is 70.2 Å². The number of benzene rings is 1. The van der Waals surface area contributed by atoms with Crippen LogP contribution in [0.25, 0.3) is 0 Å². The molecule has 0 aliphatic carbocycles. The van der Waals surface area contributed by atoms with E-state index in [0.717, 1.165) is 29.2 Å². The van der Waals surface area contributed by atoms with Crippen LogP contribution in [-0.2, 0) is 6.54 Å². The van der Waals surface area contributed by atoms with E-state index in [9.17, 15) is 5.11 Å². The van der Waals surface area contributed by atoms with Gasteiger partial charge in [0, 0.05) is 24.7 Å². The van der Waals surface area contributed by atoms with Crippen LogP contribution in [0.15, 0.2) is 17.1 Å². The summed E-state index contributed by atoms with van der Waals surface area (Å²) >= 11 is 0. The van der Waals surface area contributed by atoms with Crippen LogP contribution in [-0.4, -0.2) is 47.7 Å². The highest BCUT2D eigenvalue weighted by atomic mass is 127. The summed E-state index contributed by atoms with van der Waals surface area (Å²) in [4.78, 5) is 7.39. The number of halogens is 1. The summed E-state index contributed by atoms with van der Waals surface area (Å²) in [6.45, 7) is 7.47. The Morgan fingerprint density at radius 1 is 1.19 bits per heavy atom. The highest BCUT2D eigenvalue weighted by molar-refractivity contribution is 14.0. The number of fused-ring (bicyclic) bond motifs is 2. The van der Waals surface area contributed by atoms with Crippen LogP contribution in [0.2, 0.25) is 0 Å². The van der Waals surface area contributed by atoms with Crippen molar-refractivity contribution in [3.63, 3.8) is 0 Å². The second-order valence-corrected chi connectivity index (χ2v) is 7.99. The molecule has 1 aromatic carbocycles. The first kappa shape index (κ1) is 22.3. The molecule has 2 aliphatic heterocycles. The Morgan fingerprint density at radius 3 is 2.33 bits per heavy atom. The van der Waals surface area contributed by atoms with Gasteiger partial charge < -0.3 is 20.6 Å². The smallest absolute Gasteiger partial charge is 0.191 e. The van der Waals surface area contributed by atoms with Gasteiger partial charge in [0.2, 0.25) is 0 Å². The fourth-order valence-electron chi connectivity index (χ4n) is 4.55. The molecule has 2 fully saturated rings. The first-order valence-electron chi connectivity index (χ1n) is 10.0. The molecule has 3 rings (SSSR count). The number of phenols is 1.